The standard InChI is InChI=1S/C13H24O/c1-3-5-6-7-8-9-10-11-12-13-14-4-2/h3,5-6H,1,4,7-13H2,2H3. The van der Waals surface area contributed by atoms with E-state index >= 15 is 0 Å². The van der Waals surface area contributed by atoms with Gasteiger partial charge in [0.15, 0.2) is 0 Å². The fraction of sp³-hybridized carbons (Fsp3) is 0.692. The summed E-state index contributed by atoms with van der Waals surface area (Å²) >= 11 is 0. The van der Waals surface area contributed by atoms with Gasteiger partial charge in [0.25, 0.3) is 0 Å². The van der Waals surface area contributed by atoms with Crippen molar-refractivity contribution in [1.82, 2.24) is 0 Å². The molecule has 0 unspecified atom stereocenters. The summed E-state index contributed by atoms with van der Waals surface area (Å²) in [5, 5.41) is 0. The molecule has 0 aliphatic rings. The molecule has 0 spiro atoms. The Hall–Kier alpha value is -0.560. The minimum atomic E-state index is 0.854. The van der Waals surface area contributed by atoms with Gasteiger partial charge in [0.2, 0.25) is 0 Å². The van der Waals surface area contributed by atoms with Gasteiger partial charge in [0.05, 0.1) is 0 Å². The average molecular weight is 196 g/mol. The largest absolute Gasteiger partial charge is 0.382 e. The smallest absolute Gasteiger partial charge is 0.0465 e. The zero-order valence-electron chi connectivity index (χ0n) is 9.50. The lowest BCUT2D eigenvalue weighted by molar-refractivity contribution is 0.143. The number of ether oxygens (including phenoxy) is 1. The van der Waals surface area contributed by atoms with Crippen LogP contribution in [0.2, 0.25) is 0 Å². The van der Waals surface area contributed by atoms with E-state index < -0.39 is 0 Å². The van der Waals surface area contributed by atoms with E-state index in [-0.39, 0.29) is 0 Å². The summed E-state index contributed by atoms with van der Waals surface area (Å²) < 4.78 is 5.27. The highest BCUT2D eigenvalue weighted by molar-refractivity contribution is 4.96. The molecule has 0 heterocycles. The Morgan fingerprint density at radius 2 is 1.79 bits per heavy atom. The van der Waals surface area contributed by atoms with Crippen LogP contribution in [-0.2, 0) is 4.74 Å². The van der Waals surface area contributed by atoms with Crippen LogP contribution < -0.4 is 0 Å². The van der Waals surface area contributed by atoms with E-state index in [0.29, 0.717) is 0 Å². The molecule has 0 atom stereocenters. The van der Waals surface area contributed by atoms with E-state index in [0.717, 1.165) is 13.2 Å². The van der Waals surface area contributed by atoms with Crippen molar-refractivity contribution < 1.29 is 4.74 Å². The van der Waals surface area contributed by atoms with Crippen LogP contribution in [0.15, 0.2) is 24.8 Å². The molecular formula is C13H24O. The van der Waals surface area contributed by atoms with Crippen molar-refractivity contribution in [2.45, 2.75) is 45.4 Å². The fourth-order valence-corrected chi connectivity index (χ4v) is 1.33. The predicted octanol–water partition coefficient (Wildman–Crippen LogP) is 4.11. The van der Waals surface area contributed by atoms with Gasteiger partial charge >= 0.3 is 0 Å². The van der Waals surface area contributed by atoms with Gasteiger partial charge in [-0.15, -0.1) is 0 Å². The molecule has 0 aromatic rings. The van der Waals surface area contributed by atoms with E-state index in [1.165, 1.54) is 38.5 Å². The van der Waals surface area contributed by atoms with Crippen LogP contribution in [0, 0.1) is 0 Å². The van der Waals surface area contributed by atoms with Crippen molar-refractivity contribution in [1.29, 1.82) is 0 Å². The van der Waals surface area contributed by atoms with Crippen LogP contribution in [0.5, 0.6) is 0 Å². The first-order valence-electron chi connectivity index (χ1n) is 5.77. The maximum absolute atomic E-state index is 5.27. The van der Waals surface area contributed by atoms with Crippen LogP contribution in [0.4, 0.5) is 0 Å². The monoisotopic (exact) mass is 196 g/mol. The Balaban J connectivity index is 2.91. The lowest BCUT2D eigenvalue weighted by atomic mass is 10.1. The fourth-order valence-electron chi connectivity index (χ4n) is 1.33. The minimum absolute atomic E-state index is 0.854. The maximum Gasteiger partial charge on any atom is 0.0465 e. The van der Waals surface area contributed by atoms with Crippen LogP contribution in [0.3, 0.4) is 0 Å². The molecule has 0 radical (unpaired) electrons. The molecule has 0 fully saturated rings. The van der Waals surface area contributed by atoms with Crippen molar-refractivity contribution in [2.75, 3.05) is 13.2 Å². The lowest BCUT2D eigenvalue weighted by Gasteiger charge is -2.00. The predicted molar refractivity (Wildman–Crippen MR) is 63.5 cm³/mol. The van der Waals surface area contributed by atoms with Gasteiger partial charge < -0.3 is 4.74 Å². The third kappa shape index (κ3) is 11.4. The summed E-state index contributed by atoms with van der Waals surface area (Å²) in [5.41, 5.74) is 0. The van der Waals surface area contributed by atoms with Gasteiger partial charge in [-0.3, -0.25) is 0 Å². The van der Waals surface area contributed by atoms with Crippen molar-refractivity contribution in [3.05, 3.63) is 24.8 Å². The third-order valence-electron chi connectivity index (χ3n) is 2.14. The molecule has 1 nitrogen and oxygen atoms in total. The molecule has 0 aliphatic carbocycles. The van der Waals surface area contributed by atoms with Gasteiger partial charge in [0.1, 0.15) is 0 Å². The summed E-state index contributed by atoms with van der Waals surface area (Å²) in [6, 6.07) is 0. The SMILES string of the molecule is C=CC=CCCCCCCCOCC. The number of unbranched alkanes of at least 4 members (excludes halogenated alkanes) is 5. The number of hydrogen-bond acceptors (Lipinski definition) is 1. The highest BCUT2D eigenvalue weighted by Gasteiger charge is 1.89. The molecule has 0 aromatic carbocycles. The molecule has 14 heavy (non-hydrogen) atoms. The van der Waals surface area contributed by atoms with E-state index in [1.807, 2.05) is 19.1 Å². The van der Waals surface area contributed by atoms with Crippen molar-refractivity contribution >= 4 is 0 Å². The van der Waals surface area contributed by atoms with E-state index in [4.69, 9.17) is 4.74 Å². The molecule has 0 aromatic heterocycles. The molecule has 0 bridgehead atoms. The number of hydrogen-bond donors (Lipinski definition) is 0. The summed E-state index contributed by atoms with van der Waals surface area (Å²) in [5.74, 6) is 0. The Kier molecular flexibility index (Phi) is 11.9. The Morgan fingerprint density at radius 3 is 2.50 bits per heavy atom. The van der Waals surface area contributed by atoms with Gasteiger partial charge in [-0.05, 0) is 26.2 Å². The molecule has 0 amide bonds. The van der Waals surface area contributed by atoms with Crippen molar-refractivity contribution in [3.63, 3.8) is 0 Å². The van der Waals surface area contributed by atoms with E-state index in [1.54, 1.807) is 0 Å². The molecule has 0 N–H and O–H groups in total. The molecule has 0 saturated carbocycles. The molecule has 0 saturated heterocycles. The van der Waals surface area contributed by atoms with E-state index in [2.05, 4.69) is 12.7 Å². The van der Waals surface area contributed by atoms with Gasteiger partial charge in [0, 0.05) is 13.2 Å². The van der Waals surface area contributed by atoms with E-state index in [9.17, 15) is 0 Å². The average Bonchev–Trinajstić information content (AvgIpc) is 2.21. The second-order valence-corrected chi connectivity index (χ2v) is 3.42. The van der Waals surface area contributed by atoms with Crippen molar-refractivity contribution in [2.24, 2.45) is 0 Å². The summed E-state index contributed by atoms with van der Waals surface area (Å²) in [6.07, 6.45) is 13.8. The number of allylic oxidation sites excluding steroid dienone is 3. The number of rotatable bonds is 10. The Labute approximate surface area is 88.9 Å². The Bertz CT molecular complexity index is 138. The topological polar surface area (TPSA) is 9.23 Å². The van der Waals surface area contributed by atoms with Crippen LogP contribution >= 0.6 is 0 Å². The molecule has 82 valence electrons. The van der Waals surface area contributed by atoms with Gasteiger partial charge in [-0.2, -0.15) is 0 Å². The van der Waals surface area contributed by atoms with Gasteiger partial charge in [-0.25, -0.2) is 0 Å². The molecule has 0 rings (SSSR count). The summed E-state index contributed by atoms with van der Waals surface area (Å²) in [7, 11) is 0. The second kappa shape index (κ2) is 12.4. The maximum atomic E-state index is 5.27. The second-order valence-electron chi connectivity index (χ2n) is 3.42. The van der Waals surface area contributed by atoms with Gasteiger partial charge in [-0.1, -0.05) is 44.1 Å². The first kappa shape index (κ1) is 13.4. The van der Waals surface area contributed by atoms with Crippen LogP contribution in [-0.4, -0.2) is 13.2 Å². The van der Waals surface area contributed by atoms with Crippen LogP contribution in [0.1, 0.15) is 45.4 Å². The highest BCUT2D eigenvalue weighted by atomic mass is 16.5. The summed E-state index contributed by atoms with van der Waals surface area (Å²) in [6.45, 7) is 7.47. The highest BCUT2D eigenvalue weighted by Crippen LogP contribution is 2.05. The molecule has 1 heteroatoms. The van der Waals surface area contributed by atoms with Crippen molar-refractivity contribution in [3.8, 4) is 0 Å². The zero-order valence-corrected chi connectivity index (χ0v) is 9.50. The quantitative estimate of drug-likeness (QED) is 0.377. The normalized spacial score (nSPS) is 10.9. The zero-order chi connectivity index (χ0) is 10.5. The lowest BCUT2D eigenvalue weighted by Crippen LogP contribution is -1.92. The van der Waals surface area contributed by atoms with Crippen LogP contribution in [0.25, 0.3) is 0 Å². The third-order valence-corrected chi connectivity index (χ3v) is 2.14. The summed E-state index contributed by atoms with van der Waals surface area (Å²) in [4.78, 5) is 0. The first-order chi connectivity index (χ1) is 6.91. The first-order valence-corrected chi connectivity index (χ1v) is 5.77. The minimum Gasteiger partial charge on any atom is -0.382 e. The Morgan fingerprint density at radius 1 is 1.07 bits per heavy atom. The molecule has 0 aliphatic heterocycles. The molecular weight excluding hydrogens is 172 g/mol.